The first-order valence-electron chi connectivity index (χ1n) is 12.4. The number of hydrogen-bond acceptors (Lipinski definition) is 7. The predicted octanol–water partition coefficient (Wildman–Crippen LogP) is 3.76. The Labute approximate surface area is 183 Å². The van der Waals surface area contributed by atoms with Crippen LogP contribution in [0.15, 0.2) is 30.3 Å². The first-order valence-corrected chi connectivity index (χ1v) is 9.39. The molecule has 2 aromatic rings. The molecule has 4 rings (SSSR count). The van der Waals surface area contributed by atoms with E-state index in [0.29, 0.717) is 35.1 Å². The van der Waals surface area contributed by atoms with Crippen molar-refractivity contribution in [3.63, 3.8) is 0 Å². The van der Waals surface area contributed by atoms with Crippen molar-refractivity contribution in [1.82, 2.24) is 0 Å². The molecule has 7 heteroatoms. The van der Waals surface area contributed by atoms with Gasteiger partial charge in [0.05, 0.1) is 35.0 Å². The average molecular weight is 418 g/mol. The van der Waals surface area contributed by atoms with Gasteiger partial charge < -0.3 is 23.7 Å². The van der Waals surface area contributed by atoms with Crippen molar-refractivity contribution in [2.24, 2.45) is 5.41 Å². The number of rotatable bonds is 7. The van der Waals surface area contributed by atoms with E-state index in [1.165, 1.54) is 19.2 Å². The summed E-state index contributed by atoms with van der Waals surface area (Å²) in [5.41, 5.74) is 0.964. The lowest BCUT2D eigenvalue weighted by Crippen LogP contribution is -2.44. The van der Waals surface area contributed by atoms with E-state index in [9.17, 15) is 9.59 Å². The second kappa shape index (κ2) is 7.89. The summed E-state index contributed by atoms with van der Waals surface area (Å²) >= 11 is 0. The minimum absolute atomic E-state index is 0.0719. The third-order valence-electron chi connectivity index (χ3n) is 5.70. The van der Waals surface area contributed by atoms with Gasteiger partial charge in [-0.15, -0.1) is 0 Å². The maximum absolute atomic E-state index is 12.5. The summed E-state index contributed by atoms with van der Waals surface area (Å²) in [5.74, 6) is -1.85. The summed E-state index contributed by atoms with van der Waals surface area (Å²) in [4.78, 5) is 24.3. The molecule has 0 saturated heterocycles. The fraction of sp³-hybridized carbons (Fsp3) is 0.391. The topological polar surface area (TPSA) is 80.3 Å². The molecule has 0 bridgehead atoms. The van der Waals surface area contributed by atoms with Gasteiger partial charge in [0, 0.05) is 11.1 Å². The number of carbonyl (C=O) groups excluding carboxylic acids is 2. The number of hydrogen-bond donors (Lipinski definition) is 0. The third-order valence-corrected chi connectivity index (χ3v) is 5.70. The fourth-order valence-corrected chi connectivity index (χ4v) is 3.83. The van der Waals surface area contributed by atoms with E-state index in [0.717, 1.165) is 6.42 Å². The van der Waals surface area contributed by atoms with Crippen molar-refractivity contribution in [1.29, 1.82) is 0 Å². The standard InChI is InChI=1S/C23H24O7/c1-26-18-8-7-16(14-5-6-17-15(11-14)12-29-21(17)24)19(20(18)27-2)30-13-23(9-4-10-23)22(25)28-3/h5-8,11H,4,9-10,12-13H2,1-3H3/i1D3,2D3. The zero-order valence-corrected chi connectivity index (χ0v) is 16.3. The lowest BCUT2D eigenvalue weighted by Gasteiger charge is -2.38. The molecule has 0 N–H and O–H groups in total. The monoisotopic (exact) mass is 418 g/mol. The minimum Gasteiger partial charge on any atom is -0.493 e. The van der Waals surface area contributed by atoms with Gasteiger partial charge in [0.15, 0.2) is 11.5 Å². The van der Waals surface area contributed by atoms with Gasteiger partial charge in [0.1, 0.15) is 18.6 Å². The molecule has 1 aliphatic carbocycles. The third kappa shape index (κ3) is 3.24. The van der Waals surface area contributed by atoms with Crippen molar-refractivity contribution < 1.29 is 41.5 Å². The highest BCUT2D eigenvalue weighted by molar-refractivity contribution is 5.94. The Morgan fingerprint density at radius 3 is 2.63 bits per heavy atom. The van der Waals surface area contributed by atoms with Crippen LogP contribution in [-0.4, -0.2) is 39.7 Å². The molecule has 2 aliphatic rings. The van der Waals surface area contributed by atoms with Gasteiger partial charge in [-0.25, -0.2) is 4.79 Å². The summed E-state index contributed by atoms with van der Waals surface area (Å²) in [6, 6.07) is 7.64. The van der Waals surface area contributed by atoms with Crippen LogP contribution >= 0.6 is 0 Å². The van der Waals surface area contributed by atoms with Crippen molar-refractivity contribution in [2.45, 2.75) is 25.9 Å². The molecule has 30 heavy (non-hydrogen) atoms. The zero-order valence-electron chi connectivity index (χ0n) is 22.3. The number of methoxy groups -OCH3 is 3. The molecule has 1 heterocycles. The molecule has 0 amide bonds. The van der Waals surface area contributed by atoms with Crippen LogP contribution in [0.25, 0.3) is 11.1 Å². The largest absolute Gasteiger partial charge is 0.493 e. The molecule has 0 unspecified atom stereocenters. The second-order valence-electron chi connectivity index (χ2n) is 7.34. The Hall–Kier alpha value is -3.22. The van der Waals surface area contributed by atoms with Crippen LogP contribution in [0.1, 0.15) is 43.4 Å². The maximum atomic E-state index is 12.5. The van der Waals surface area contributed by atoms with Gasteiger partial charge in [0.25, 0.3) is 0 Å². The molecular formula is C23H24O7. The summed E-state index contributed by atoms with van der Waals surface area (Å²) in [7, 11) is -4.61. The highest BCUT2D eigenvalue weighted by atomic mass is 16.5. The van der Waals surface area contributed by atoms with Gasteiger partial charge in [-0.2, -0.15) is 0 Å². The summed E-state index contributed by atoms with van der Waals surface area (Å²) in [6.07, 6.45) is 1.80. The fourth-order valence-electron chi connectivity index (χ4n) is 3.83. The molecule has 158 valence electrons. The quantitative estimate of drug-likeness (QED) is 0.633. The van der Waals surface area contributed by atoms with Crippen LogP contribution in [0.2, 0.25) is 0 Å². The van der Waals surface area contributed by atoms with Gasteiger partial charge >= 0.3 is 11.9 Å². The Bertz CT molecular complexity index is 1180. The molecule has 1 aliphatic heterocycles. The first-order chi connectivity index (χ1) is 16.8. The number of benzene rings is 2. The molecule has 0 radical (unpaired) electrons. The Morgan fingerprint density at radius 1 is 1.13 bits per heavy atom. The molecule has 0 spiro atoms. The molecule has 0 atom stereocenters. The number of cyclic esters (lactones) is 1. The van der Waals surface area contributed by atoms with Crippen LogP contribution in [0.5, 0.6) is 17.2 Å². The van der Waals surface area contributed by atoms with E-state index in [1.807, 2.05) is 0 Å². The lowest BCUT2D eigenvalue weighted by molar-refractivity contribution is -0.161. The summed E-state index contributed by atoms with van der Waals surface area (Å²) < 4.78 is 71.6. The van der Waals surface area contributed by atoms with Crippen molar-refractivity contribution >= 4 is 11.9 Å². The van der Waals surface area contributed by atoms with Crippen LogP contribution < -0.4 is 14.2 Å². The van der Waals surface area contributed by atoms with E-state index in [4.69, 9.17) is 31.9 Å². The molecule has 0 aromatic heterocycles. The average Bonchev–Trinajstić information content (AvgIpc) is 3.12. The zero-order chi connectivity index (χ0) is 26.3. The number of ether oxygens (including phenoxy) is 5. The first kappa shape index (κ1) is 13.9. The highest BCUT2D eigenvalue weighted by Gasteiger charge is 2.46. The van der Waals surface area contributed by atoms with Gasteiger partial charge in [-0.05, 0) is 42.7 Å². The number of fused-ring (bicyclic) bond motifs is 1. The van der Waals surface area contributed by atoms with E-state index >= 15 is 0 Å². The SMILES string of the molecule is [2H]C([2H])([2H])Oc1ccc(-c2ccc3c(c2)COC3=O)c(OCC2(C(=O)OC)CCC2)c1OC([2H])([2H])[2H]. The van der Waals surface area contributed by atoms with E-state index in [2.05, 4.69) is 0 Å². The van der Waals surface area contributed by atoms with Crippen LogP contribution in [-0.2, 0) is 20.9 Å². The number of carbonyl (C=O) groups is 2. The molecule has 2 aromatic carbocycles. The van der Waals surface area contributed by atoms with Gasteiger partial charge in [0.2, 0.25) is 5.75 Å². The molecular weight excluding hydrogens is 388 g/mol. The maximum Gasteiger partial charge on any atom is 0.338 e. The van der Waals surface area contributed by atoms with Gasteiger partial charge in [-0.3, -0.25) is 4.79 Å². The summed E-state index contributed by atoms with van der Waals surface area (Å²) in [6.45, 7) is -0.0870. The Kier molecular flexibility index (Phi) is 3.66. The van der Waals surface area contributed by atoms with Crippen LogP contribution in [0, 0.1) is 5.41 Å². The minimum atomic E-state index is -2.97. The number of esters is 2. The highest BCUT2D eigenvalue weighted by Crippen LogP contribution is 2.48. The Balaban J connectivity index is 1.84. The Morgan fingerprint density at radius 2 is 1.93 bits per heavy atom. The smallest absolute Gasteiger partial charge is 0.338 e. The predicted molar refractivity (Wildman–Crippen MR) is 108 cm³/mol. The van der Waals surface area contributed by atoms with E-state index < -0.39 is 37.2 Å². The second-order valence-corrected chi connectivity index (χ2v) is 7.34. The van der Waals surface area contributed by atoms with E-state index in [1.54, 1.807) is 18.2 Å². The molecule has 7 nitrogen and oxygen atoms in total. The van der Waals surface area contributed by atoms with Crippen molar-refractivity contribution in [3.05, 3.63) is 41.5 Å². The van der Waals surface area contributed by atoms with Gasteiger partial charge in [-0.1, -0.05) is 12.5 Å². The van der Waals surface area contributed by atoms with E-state index in [-0.39, 0.29) is 24.7 Å². The van der Waals surface area contributed by atoms with Crippen LogP contribution in [0.4, 0.5) is 0 Å². The summed E-state index contributed by atoms with van der Waals surface area (Å²) in [5, 5.41) is 0. The normalized spacial score (nSPS) is 20.0. The molecule has 1 saturated carbocycles. The van der Waals surface area contributed by atoms with Crippen LogP contribution in [0.3, 0.4) is 0 Å². The molecule has 1 fully saturated rings. The van der Waals surface area contributed by atoms with Crippen molar-refractivity contribution in [2.75, 3.05) is 27.8 Å². The van der Waals surface area contributed by atoms with Crippen molar-refractivity contribution in [3.8, 4) is 28.4 Å². The lowest BCUT2D eigenvalue weighted by atomic mass is 9.69.